The molecule has 0 aliphatic heterocycles. The minimum Gasteiger partial charge on any atom is -0.409 e. The lowest BCUT2D eigenvalue weighted by Gasteiger charge is -1.98. The Labute approximate surface area is 68.2 Å². The quantitative estimate of drug-likeness (QED) is 0.642. The van der Waals surface area contributed by atoms with Crippen LogP contribution < -0.4 is 10.5 Å². The summed E-state index contributed by atoms with van der Waals surface area (Å²) in [5.41, 5.74) is 5.01. The van der Waals surface area contributed by atoms with E-state index < -0.39 is 6.09 Å². The molecule has 1 aromatic heterocycles. The summed E-state index contributed by atoms with van der Waals surface area (Å²) in [7, 11) is 0. The molecule has 1 heterocycles. The smallest absolute Gasteiger partial charge is 0.409 e. The number of aromatic nitrogens is 1. The zero-order valence-corrected chi connectivity index (χ0v) is 6.06. The minimum atomic E-state index is -0.907. The van der Waals surface area contributed by atoms with Gasteiger partial charge in [0, 0.05) is 0 Å². The average Bonchev–Trinajstić information content (AvgIpc) is 2.05. The number of nitrogens with zero attached hydrogens (tertiary/aromatic N) is 1. The number of nitrogens with two attached hydrogens (primary N) is 1. The second-order valence-electron chi connectivity index (χ2n) is 1.96. The van der Waals surface area contributed by atoms with Crippen molar-refractivity contribution in [3.8, 4) is 5.75 Å². The largest absolute Gasteiger partial charge is 0.410 e. The van der Waals surface area contributed by atoms with Crippen molar-refractivity contribution in [1.29, 1.82) is 0 Å². The van der Waals surface area contributed by atoms with E-state index >= 15 is 0 Å². The molecular formula is C7H6N2O3. The molecule has 0 saturated carbocycles. The molecule has 62 valence electrons. The SMILES string of the molecule is NC(=O)Oc1ccc(C=O)nc1. The third-order valence-electron chi connectivity index (χ3n) is 1.10. The molecule has 5 nitrogen and oxygen atoms in total. The first-order valence-electron chi connectivity index (χ1n) is 3.11. The highest BCUT2D eigenvalue weighted by atomic mass is 16.5. The molecule has 0 aromatic carbocycles. The number of rotatable bonds is 2. The number of carbonyl (C=O) groups is 2. The predicted octanol–water partition coefficient (Wildman–Crippen LogP) is 0.352. The Balaban J connectivity index is 2.77. The molecule has 12 heavy (non-hydrogen) atoms. The van der Waals surface area contributed by atoms with E-state index in [-0.39, 0.29) is 11.4 Å². The number of primary amides is 1. The van der Waals surface area contributed by atoms with E-state index in [1.165, 1.54) is 18.3 Å². The Hall–Kier alpha value is -1.91. The Bertz CT molecular complexity index is 294. The van der Waals surface area contributed by atoms with Crippen LogP contribution in [-0.2, 0) is 0 Å². The highest BCUT2D eigenvalue weighted by molar-refractivity contribution is 5.72. The van der Waals surface area contributed by atoms with E-state index in [2.05, 4.69) is 9.72 Å². The topological polar surface area (TPSA) is 82.3 Å². The molecular weight excluding hydrogens is 160 g/mol. The van der Waals surface area contributed by atoms with Crippen LogP contribution in [0.1, 0.15) is 10.5 Å². The van der Waals surface area contributed by atoms with Crippen molar-refractivity contribution in [2.75, 3.05) is 0 Å². The van der Waals surface area contributed by atoms with E-state index in [1.807, 2.05) is 0 Å². The molecule has 0 aliphatic carbocycles. The Morgan fingerprint density at radius 3 is 2.75 bits per heavy atom. The number of hydrogen-bond donors (Lipinski definition) is 1. The third kappa shape index (κ3) is 2.05. The van der Waals surface area contributed by atoms with E-state index in [4.69, 9.17) is 5.73 Å². The van der Waals surface area contributed by atoms with Crippen LogP contribution in [0.5, 0.6) is 5.75 Å². The second kappa shape index (κ2) is 3.47. The van der Waals surface area contributed by atoms with Gasteiger partial charge in [-0.25, -0.2) is 9.78 Å². The fourth-order valence-electron chi connectivity index (χ4n) is 0.638. The Morgan fingerprint density at radius 2 is 2.33 bits per heavy atom. The molecule has 1 amide bonds. The minimum absolute atomic E-state index is 0.216. The number of aldehydes is 1. The first-order valence-corrected chi connectivity index (χ1v) is 3.11. The van der Waals surface area contributed by atoms with Crippen LogP contribution in [0, 0.1) is 0 Å². The lowest BCUT2D eigenvalue weighted by Crippen LogP contribution is -2.16. The van der Waals surface area contributed by atoms with Crippen molar-refractivity contribution in [2.24, 2.45) is 5.73 Å². The van der Waals surface area contributed by atoms with Gasteiger partial charge >= 0.3 is 6.09 Å². The zero-order valence-electron chi connectivity index (χ0n) is 6.06. The summed E-state index contributed by atoms with van der Waals surface area (Å²) in [6, 6.07) is 2.85. The van der Waals surface area contributed by atoms with Crippen LogP contribution in [0.3, 0.4) is 0 Å². The van der Waals surface area contributed by atoms with Crippen molar-refractivity contribution < 1.29 is 14.3 Å². The van der Waals surface area contributed by atoms with Crippen LogP contribution in [0.15, 0.2) is 18.3 Å². The van der Waals surface area contributed by atoms with Gasteiger partial charge in [0.1, 0.15) is 5.69 Å². The maximum absolute atomic E-state index is 10.2. The molecule has 0 atom stereocenters. The fourth-order valence-corrected chi connectivity index (χ4v) is 0.638. The van der Waals surface area contributed by atoms with Crippen molar-refractivity contribution in [2.45, 2.75) is 0 Å². The van der Waals surface area contributed by atoms with Crippen molar-refractivity contribution in [3.63, 3.8) is 0 Å². The molecule has 0 unspecified atom stereocenters. The van der Waals surface area contributed by atoms with E-state index in [0.717, 1.165) is 0 Å². The van der Waals surface area contributed by atoms with Crippen LogP contribution in [0.2, 0.25) is 0 Å². The van der Waals surface area contributed by atoms with Crippen LogP contribution >= 0.6 is 0 Å². The van der Waals surface area contributed by atoms with E-state index in [0.29, 0.717) is 6.29 Å². The maximum atomic E-state index is 10.2. The molecule has 0 radical (unpaired) electrons. The van der Waals surface area contributed by atoms with E-state index in [9.17, 15) is 9.59 Å². The maximum Gasteiger partial charge on any atom is 0.410 e. The van der Waals surface area contributed by atoms with E-state index in [1.54, 1.807) is 0 Å². The summed E-state index contributed by atoms with van der Waals surface area (Å²) >= 11 is 0. The summed E-state index contributed by atoms with van der Waals surface area (Å²) in [6.07, 6.45) is 0.929. The number of carbonyl (C=O) groups excluding carboxylic acids is 2. The van der Waals surface area contributed by atoms with Gasteiger partial charge in [-0.05, 0) is 12.1 Å². The van der Waals surface area contributed by atoms with Crippen LogP contribution in [-0.4, -0.2) is 17.4 Å². The lowest BCUT2D eigenvalue weighted by atomic mass is 10.4. The molecule has 5 heteroatoms. The van der Waals surface area contributed by atoms with Gasteiger partial charge in [-0.1, -0.05) is 0 Å². The van der Waals surface area contributed by atoms with Gasteiger partial charge in [-0.2, -0.15) is 0 Å². The highest BCUT2D eigenvalue weighted by Crippen LogP contribution is 2.07. The van der Waals surface area contributed by atoms with Gasteiger partial charge in [-0.15, -0.1) is 0 Å². The average molecular weight is 166 g/mol. The van der Waals surface area contributed by atoms with Gasteiger partial charge in [-0.3, -0.25) is 4.79 Å². The molecule has 0 fully saturated rings. The molecule has 1 aromatic rings. The van der Waals surface area contributed by atoms with Crippen molar-refractivity contribution in [3.05, 3.63) is 24.0 Å². The third-order valence-corrected chi connectivity index (χ3v) is 1.10. The van der Waals surface area contributed by atoms with Crippen LogP contribution in [0.4, 0.5) is 4.79 Å². The first-order chi connectivity index (χ1) is 5.72. The van der Waals surface area contributed by atoms with Gasteiger partial charge in [0.05, 0.1) is 6.20 Å². The number of ether oxygens (including phenoxy) is 1. The summed E-state index contributed by atoms with van der Waals surface area (Å²) in [5, 5.41) is 0. The normalized spacial score (nSPS) is 9.00. The van der Waals surface area contributed by atoms with Crippen LogP contribution in [0.25, 0.3) is 0 Å². The first kappa shape index (κ1) is 8.19. The molecule has 0 saturated heterocycles. The molecule has 2 N–H and O–H groups in total. The van der Waals surface area contributed by atoms with Gasteiger partial charge < -0.3 is 10.5 Å². The summed E-state index contributed by atoms with van der Waals surface area (Å²) < 4.78 is 4.47. The standard InChI is InChI=1S/C7H6N2O3/c8-7(11)12-6-2-1-5(4-10)9-3-6/h1-4H,(H2,8,11). The van der Waals surface area contributed by atoms with Gasteiger partial charge in [0.25, 0.3) is 0 Å². The Kier molecular flexibility index (Phi) is 2.37. The predicted molar refractivity (Wildman–Crippen MR) is 39.8 cm³/mol. The summed E-state index contributed by atoms with van der Waals surface area (Å²) in [6.45, 7) is 0. The Morgan fingerprint density at radius 1 is 1.58 bits per heavy atom. The molecule has 0 bridgehead atoms. The van der Waals surface area contributed by atoms with Crippen molar-refractivity contribution >= 4 is 12.4 Å². The number of amides is 1. The number of pyridine rings is 1. The summed E-state index contributed by atoms with van der Waals surface area (Å²) in [4.78, 5) is 24.0. The molecule has 0 aliphatic rings. The number of hydrogen-bond acceptors (Lipinski definition) is 4. The highest BCUT2D eigenvalue weighted by Gasteiger charge is 1.98. The van der Waals surface area contributed by atoms with Crippen molar-refractivity contribution in [1.82, 2.24) is 4.98 Å². The van der Waals surface area contributed by atoms with Gasteiger partial charge in [0.2, 0.25) is 0 Å². The monoisotopic (exact) mass is 166 g/mol. The molecule has 1 rings (SSSR count). The molecule has 0 spiro atoms. The summed E-state index contributed by atoms with van der Waals surface area (Å²) in [5.74, 6) is 0.216. The second-order valence-corrected chi connectivity index (χ2v) is 1.96. The fraction of sp³-hybridized carbons (Fsp3) is 0. The lowest BCUT2D eigenvalue weighted by molar-refractivity contribution is 0.111. The zero-order chi connectivity index (χ0) is 8.97. The van der Waals surface area contributed by atoms with Gasteiger partial charge in [0.15, 0.2) is 12.0 Å².